The summed E-state index contributed by atoms with van der Waals surface area (Å²) in [6.07, 6.45) is 15.8. The molecule has 1 aromatic rings. The van der Waals surface area contributed by atoms with Crippen molar-refractivity contribution in [3.05, 3.63) is 17.0 Å². The summed E-state index contributed by atoms with van der Waals surface area (Å²) in [4.78, 5) is 32.3. The van der Waals surface area contributed by atoms with E-state index in [1.165, 1.54) is 75.5 Å². The molecule has 1 spiro atoms. The molecule has 2 N–H and O–H groups in total. The van der Waals surface area contributed by atoms with E-state index < -0.39 is 5.54 Å². The number of rotatable bonds is 7. The Balaban J connectivity index is 0.00000336. The third-order valence-corrected chi connectivity index (χ3v) is 10.1. The number of amides is 2. The summed E-state index contributed by atoms with van der Waals surface area (Å²) < 4.78 is 0. The highest BCUT2D eigenvalue weighted by atomic mass is 35.5. The SMILES string of the molecule is CCCN1C(=O)[C@H](CC2CCCCC2)NC(=O)C12CCN(C(c1c(C)n[nH]c1C)C1CCCCC1)CC2.Cl. The zero-order valence-corrected chi connectivity index (χ0v) is 24.7. The van der Waals surface area contributed by atoms with Crippen molar-refractivity contribution in [1.29, 1.82) is 0 Å². The van der Waals surface area contributed by atoms with Gasteiger partial charge in [-0.05, 0) is 64.2 Å². The number of likely N-dealkylation sites (tertiary alicyclic amines) is 1. The number of aromatic amines is 1. The van der Waals surface area contributed by atoms with E-state index in [0.717, 1.165) is 44.5 Å². The molecule has 214 valence electrons. The normalized spacial score (nSPS) is 26.3. The van der Waals surface area contributed by atoms with Crippen LogP contribution >= 0.6 is 12.4 Å². The molecule has 3 heterocycles. The predicted molar refractivity (Wildman–Crippen MR) is 153 cm³/mol. The van der Waals surface area contributed by atoms with E-state index in [4.69, 9.17) is 0 Å². The van der Waals surface area contributed by atoms with Crippen LogP contribution in [0.1, 0.15) is 120 Å². The summed E-state index contributed by atoms with van der Waals surface area (Å²) in [5.74, 6) is 1.48. The average molecular weight is 548 g/mol. The second-order valence-corrected chi connectivity index (χ2v) is 12.5. The van der Waals surface area contributed by atoms with Gasteiger partial charge < -0.3 is 10.2 Å². The monoisotopic (exact) mass is 547 g/mol. The van der Waals surface area contributed by atoms with E-state index in [9.17, 15) is 9.59 Å². The molecule has 4 fully saturated rings. The summed E-state index contributed by atoms with van der Waals surface area (Å²) >= 11 is 0. The van der Waals surface area contributed by atoms with Gasteiger partial charge in [-0.3, -0.25) is 19.6 Å². The van der Waals surface area contributed by atoms with Crippen LogP contribution in [-0.2, 0) is 9.59 Å². The van der Waals surface area contributed by atoms with Gasteiger partial charge in [-0.15, -0.1) is 12.4 Å². The molecule has 2 amide bonds. The van der Waals surface area contributed by atoms with Crippen molar-refractivity contribution >= 4 is 24.2 Å². The summed E-state index contributed by atoms with van der Waals surface area (Å²) in [5, 5.41) is 11.0. The molecular weight excluding hydrogens is 498 g/mol. The maximum Gasteiger partial charge on any atom is 0.246 e. The summed E-state index contributed by atoms with van der Waals surface area (Å²) in [5.41, 5.74) is 2.96. The van der Waals surface area contributed by atoms with Crippen LogP contribution in [0.2, 0.25) is 0 Å². The lowest BCUT2D eigenvalue weighted by atomic mass is 9.76. The number of hydrogen-bond acceptors (Lipinski definition) is 4. The molecule has 5 rings (SSSR count). The maximum atomic E-state index is 13.8. The highest BCUT2D eigenvalue weighted by molar-refractivity contribution is 6.00. The molecular formula is C30H50ClN5O2. The Bertz CT molecular complexity index is 925. The van der Waals surface area contributed by atoms with Crippen molar-refractivity contribution in [2.24, 2.45) is 11.8 Å². The number of carbonyl (C=O) groups excluding carboxylic acids is 2. The van der Waals surface area contributed by atoms with Gasteiger partial charge in [-0.25, -0.2) is 0 Å². The molecule has 2 saturated heterocycles. The first-order valence-electron chi connectivity index (χ1n) is 15.3. The number of aromatic nitrogens is 2. The molecule has 0 aromatic carbocycles. The number of carbonyl (C=O) groups is 2. The van der Waals surface area contributed by atoms with Crippen LogP contribution in [0.4, 0.5) is 0 Å². The van der Waals surface area contributed by atoms with Gasteiger partial charge in [0.2, 0.25) is 11.8 Å². The van der Waals surface area contributed by atoms with E-state index in [-0.39, 0.29) is 30.3 Å². The Morgan fingerprint density at radius 3 is 2.18 bits per heavy atom. The maximum absolute atomic E-state index is 13.8. The van der Waals surface area contributed by atoms with Gasteiger partial charge >= 0.3 is 0 Å². The second kappa shape index (κ2) is 12.7. The van der Waals surface area contributed by atoms with Crippen LogP contribution in [0.3, 0.4) is 0 Å². The van der Waals surface area contributed by atoms with Gasteiger partial charge in [0.1, 0.15) is 11.6 Å². The third kappa shape index (κ3) is 5.65. The lowest BCUT2D eigenvalue weighted by Gasteiger charge is -2.53. The smallest absolute Gasteiger partial charge is 0.246 e. The van der Waals surface area contributed by atoms with Crippen molar-refractivity contribution in [2.75, 3.05) is 19.6 Å². The Hall–Kier alpha value is -1.60. The first kappa shape index (κ1) is 29.4. The summed E-state index contributed by atoms with van der Waals surface area (Å²) in [6, 6.07) is 0.00875. The van der Waals surface area contributed by atoms with Crippen LogP contribution in [0, 0.1) is 25.7 Å². The minimum atomic E-state index is -0.690. The van der Waals surface area contributed by atoms with Crippen molar-refractivity contribution in [1.82, 2.24) is 25.3 Å². The van der Waals surface area contributed by atoms with E-state index in [1.54, 1.807) is 0 Å². The van der Waals surface area contributed by atoms with Gasteiger partial charge in [-0.1, -0.05) is 58.3 Å². The fourth-order valence-electron chi connectivity index (χ4n) is 8.17. The predicted octanol–water partition coefficient (Wildman–Crippen LogP) is 5.61. The first-order chi connectivity index (χ1) is 17.9. The lowest BCUT2D eigenvalue weighted by Crippen LogP contribution is -2.73. The third-order valence-electron chi connectivity index (χ3n) is 10.1. The number of hydrogen-bond donors (Lipinski definition) is 2. The molecule has 2 saturated carbocycles. The highest BCUT2D eigenvalue weighted by Gasteiger charge is 2.54. The van der Waals surface area contributed by atoms with Crippen LogP contribution in [-0.4, -0.2) is 63.0 Å². The number of nitrogens with zero attached hydrogens (tertiary/aromatic N) is 3. The van der Waals surface area contributed by atoms with Crippen LogP contribution in [0.15, 0.2) is 0 Å². The van der Waals surface area contributed by atoms with Crippen LogP contribution in [0.5, 0.6) is 0 Å². The number of halogens is 1. The zero-order valence-electron chi connectivity index (χ0n) is 23.9. The van der Waals surface area contributed by atoms with Crippen LogP contribution < -0.4 is 5.32 Å². The Morgan fingerprint density at radius 2 is 1.61 bits per heavy atom. The summed E-state index contributed by atoms with van der Waals surface area (Å²) in [7, 11) is 0. The fourth-order valence-corrected chi connectivity index (χ4v) is 8.17. The average Bonchev–Trinajstić information content (AvgIpc) is 3.25. The van der Waals surface area contributed by atoms with Gasteiger partial charge in [0.25, 0.3) is 0 Å². The van der Waals surface area contributed by atoms with E-state index >= 15 is 0 Å². The van der Waals surface area contributed by atoms with Crippen molar-refractivity contribution in [2.45, 2.75) is 128 Å². The molecule has 7 nitrogen and oxygen atoms in total. The largest absolute Gasteiger partial charge is 0.342 e. The summed E-state index contributed by atoms with van der Waals surface area (Å²) in [6.45, 7) is 8.78. The second-order valence-electron chi connectivity index (χ2n) is 12.5. The van der Waals surface area contributed by atoms with E-state index in [1.807, 2.05) is 4.90 Å². The number of piperidine rings is 1. The van der Waals surface area contributed by atoms with E-state index in [2.05, 4.69) is 41.2 Å². The van der Waals surface area contributed by atoms with Gasteiger partial charge in [0, 0.05) is 36.9 Å². The minimum absolute atomic E-state index is 0. The Labute approximate surface area is 235 Å². The zero-order chi connectivity index (χ0) is 26.0. The molecule has 1 unspecified atom stereocenters. The molecule has 4 aliphatic rings. The minimum Gasteiger partial charge on any atom is -0.342 e. The quantitative estimate of drug-likeness (QED) is 0.465. The van der Waals surface area contributed by atoms with Crippen LogP contribution in [0.25, 0.3) is 0 Å². The van der Waals surface area contributed by atoms with Gasteiger partial charge in [0.05, 0.1) is 5.69 Å². The Kier molecular flexibility index (Phi) is 9.83. The molecule has 38 heavy (non-hydrogen) atoms. The van der Waals surface area contributed by atoms with Crippen molar-refractivity contribution in [3.8, 4) is 0 Å². The van der Waals surface area contributed by atoms with Crippen molar-refractivity contribution in [3.63, 3.8) is 0 Å². The molecule has 2 aliphatic carbocycles. The molecule has 2 aliphatic heterocycles. The molecule has 2 atom stereocenters. The topological polar surface area (TPSA) is 81.3 Å². The van der Waals surface area contributed by atoms with E-state index in [0.29, 0.717) is 24.4 Å². The number of nitrogens with one attached hydrogen (secondary N) is 2. The molecule has 8 heteroatoms. The fraction of sp³-hybridized carbons (Fsp3) is 0.833. The first-order valence-corrected chi connectivity index (χ1v) is 15.3. The Morgan fingerprint density at radius 1 is 0.974 bits per heavy atom. The number of aryl methyl sites for hydroxylation is 2. The molecule has 1 aromatic heterocycles. The number of H-pyrrole nitrogens is 1. The van der Waals surface area contributed by atoms with Crippen molar-refractivity contribution < 1.29 is 9.59 Å². The standard InChI is InChI=1S/C30H49N5O2.ClH/c1-4-17-35-28(36)25(20-23-11-7-5-8-12-23)31-29(37)30(35)15-18-34(19-16-30)27(24-13-9-6-10-14-24)26-21(2)32-33-22(26)3;/h23-25,27H,4-20H2,1-3H3,(H,31,37)(H,32,33);1H/t25-,27?;/m0./s1. The lowest BCUT2D eigenvalue weighted by molar-refractivity contribution is -0.162. The molecule has 0 bridgehead atoms. The highest BCUT2D eigenvalue weighted by Crippen LogP contribution is 2.44. The molecule has 0 radical (unpaired) electrons. The number of piperazine rings is 1. The van der Waals surface area contributed by atoms with Gasteiger partial charge in [0.15, 0.2) is 0 Å². The van der Waals surface area contributed by atoms with Gasteiger partial charge in [-0.2, -0.15) is 5.10 Å².